The molecule has 1 fully saturated rings. The van der Waals surface area contributed by atoms with Gasteiger partial charge in [-0.15, -0.1) is 0 Å². The summed E-state index contributed by atoms with van der Waals surface area (Å²) in [7, 11) is -3.39. The molecule has 0 aliphatic carbocycles. The molecule has 0 N–H and O–H groups in total. The molecule has 8 heteroatoms. The van der Waals surface area contributed by atoms with Crippen molar-refractivity contribution in [1.29, 1.82) is 0 Å². The minimum atomic E-state index is -3.39. The third-order valence-corrected chi connectivity index (χ3v) is 6.99. The number of carbonyl (C=O) groups excluding carboxylic acids is 2. The van der Waals surface area contributed by atoms with Crippen LogP contribution in [-0.4, -0.2) is 67.2 Å². The van der Waals surface area contributed by atoms with Crippen molar-refractivity contribution in [3.63, 3.8) is 0 Å². The Bertz CT molecular complexity index is 964. The highest BCUT2D eigenvalue weighted by Crippen LogP contribution is 2.23. The lowest BCUT2D eigenvalue weighted by molar-refractivity contribution is 0.0500. The van der Waals surface area contributed by atoms with Gasteiger partial charge in [0.25, 0.3) is 11.8 Å². The van der Waals surface area contributed by atoms with E-state index in [1.54, 1.807) is 36.4 Å². The molecule has 4 rings (SSSR count). The predicted molar refractivity (Wildman–Crippen MR) is 104 cm³/mol. The molecule has 2 aromatic carbocycles. The fourth-order valence-electron chi connectivity index (χ4n) is 3.59. The van der Waals surface area contributed by atoms with Crippen molar-refractivity contribution in [3.05, 3.63) is 71.3 Å². The summed E-state index contributed by atoms with van der Waals surface area (Å²) in [5.74, 6) is -0.605. The van der Waals surface area contributed by atoms with E-state index in [1.165, 1.54) is 9.21 Å². The number of carbonyl (C=O) groups is 2. The Morgan fingerprint density at radius 2 is 1.29 bits per heavy atom. The van der Waals surface area contributed by atoms with Crippen LogP contribution in [0.2, 0.25) is 0 Å². The van der Waals surface area contributed by atoms with Crippen molar-refractivity contribution in [1.82, 2.24) is 14.1 Å². The smallest absolute Gasteiger partial charge is 0.262 e. The summed E-state index contributed by atoms with van der Waals surface area (Å²) < 4.78 is 26.8. The highest BCUT2D eigenvalue weighted by atomic mass is 32.2. The Labute approximate surface area is 164 Å². The molecule has 2 aliphatic heterocycles. The van der Waals surface area contributed by atoms with Gasteiger partial charge in [-0.25, -0.2) is 8.42 Å². The molecule has 0 saturated carbocycles. The van der Waals surface area contributed by atoms with Gasteiger partial charge >= 0.3 is 0 Å². The van der Waals surface area contributed by atoms with Gasteiger partial charge in [-0.2, -0.15) is 4.31 Å². The second-order valence-electron chi connectivity index (χ2n) is 6.98. The number of hydrogen-bond acceptors (Lipinski definition) is 5. The number of nitrogens with zero attached hydrogens (tertiary/aromatic N) is 3. The number of piperazine rings is 1. The molecule has 0 bridgehead atoms. The molecule has 0 atom stereocenters. The Hall–Kier alpha value is -2.55. The molecule has 7 nitrogen and oxygen atoms in total. The molecule has 2 amide bonds. The van der Waals surface area contributed by atoms with Crippen LogP contribution in [0.1, 0.15) is 26.3 Å². The van der Waals surface area contributed by atoms with Crippen LogP contribution in [0.5, 0.6) is 0 Å². The maximum absolute atomic E-state index is 12.6. The summed E-state index contributed by atoms with van der Waals surface area (Å²) in [6, 6.07) is 15.9. The van der Waals surface area contributed by atoms with Gasteiger partial charge in [0.1, 0.15) is 0 Å². The number of fused-ring (bicyclic) bond motifs is 1. The van der Waals surface area contributed by atoms with E-state index < -0.39 is 10.0 Å². The summed E-state index contributed by atoms with van der Waals surface area (Å²) in [5.41, 5.74) is 1.61. The summed E-state index contributed by atoms with van der Waals surface area (Å²) in [6.07, 6.45) is 0. The van der Waals surface area contributed by atoms with Crippen LogP contribution in [0.4, 0.5) is 0 Å². The highest BCUT2D eigenvalue weighted by molar-refractivity contribution is 7.88. The number of hydrogen-bond donors (Lipinski definition) is 0. The number of imide groups is 1. The first-order valence-corrected chi connectivity index (χ1v) is 10.8. The van der Waals surface area contributed by atoms with Crippen LogP contribution in [0.25, 0.3) is 0 Å². The van der Waals surface area contributed by atoms with Crippen molar-refractivity contribution in [2.75, 3.05) is 32.8 Å². The van der Waals surface area contributed by atoms with Crippen LogP contribution in [0.15, 0.2) is 54.6 Å². The molecular formula is C20H21N3O4S. The number of amides is 2. The largest absolute Gasteiger partial charge is 0.283 e. The fraction of sp³-hybridized carbons (Fsp3) is 0.300. The minimum absolute atomic E-state index is 0.0216. The van der Waals surface area contributed by atoms with E-state index in [-0.39, 0.29) is 24.2 Å². The Kier molecular flexibility index (Phi) is 5.01. The van der Waals surface area contributed by atoms with E-state index in [4.69, 9.17) is 0 Å². The van der Waals surface area contributed by atoms with Crippen molar-refractivity contribution in [2.24, 2.45) is 0 Å². The zero-order chi connectivity index (χ0) is 19.7. The fourth-order valence-corrected chi connectivity index (χ4v) is 5.11. The summed E-state index contributed by atoms with van der Waals surface area (Å²) in [5, 5.41) is 0. The van der Waals surface area contributed by atoms with Crippen molar-refractivity contribution in [2.45, 2.75) is 5.75 Å². The maximum atomic E-state index is 12.6. The molecule has 2 aliphatic rings. The SMILES string of the molecule is O=C1c2ccccc2C(=O)N1CN1CCN(S(=O)(=O)Cc2ccccc2)CC1. The minimum Gasteiger partial charge on any atom is -0.283 e. The zero-order valence-corrected chi connectivity index (χ0v) is 16.1. The van der Waals surface area contributed by atoms with Gasteiger partial charge in [0.2, 0.25) is 10.0 Å². The third kappa shape index (κ3) is 3.58. The first kappa shape index (κ1) is 18.8. The molecule has 0 spiro atoms. The Morgan fingerprint density at radius 3 is 1.86 bits per heavy atom. The molecule has 28 heavy (non-hydrogen) atoms. The van der Waals surface area contributed by atoms with Gasteiger partial charge in [0, 0.05) is 26.2 Å². The lowest BCUT2D eigenvalue weighted by Crippen LogP contribution is -2.52. The van der Waals surface area contributed by atoms with Gasteiger partial charge in [-0.3, -0.25) is 19.4 Å². The van der Waals surface area contributed by atoms with Gasteiger partial charge < -0.3 is 0 Å². The Morgan fingerprint density at radius 1 is 0.750 bits per heavy atom. The summed E-state index contributed by atoms with van der Waals surface area (Å²) in [6.45, 7) is 1.82. The van der Waals surface area contributed by atoms with Crippen LogP contribution >= 0.6 is 0 Å². The maximum Gasteiger partial charge on any atom is 0.262 e. The second kappa shape index (κ2) is 7.46. The average molecular weight is 399 g/mol. The molecule has 0 unspecified atom stereocenters. The van der Waals surface area contributed by atoms with Crippen molar-refractivity contribution >= 4 is 21.8 Å². The first-order chi connectivity index (χ1) is 13.5. The number of rotatable bonds is 5. The van der Waals surface area contributed by atoms with Gasteiger partial charge in [0.05, 0.1) is 23.5 Å². The monoisotopic (exact) mass is 399 g/mol. The topological polar surface area (TPSA) is 78.0 Å². The number of sulfonamides is 1. The highest BCUT2D eigenvalue weighted by Gasteiger charge is 2.37. The molecule has 1 saturated heterocycles. The van der Waals surface area contributed by atoms with Crippen LogP contribution in [0, 0.1) is 0 Å². The van der Waals surface area contributed by atoms with Gasteiger partial charge in [-0.1, -0.05) is 42.5 Å². The van der Waals surface area contributed by atoms with Crippen molar-refractivity contribution in [3.8, 4) is 0 Å². The van der Waals surface area contributed by atoms with E-state index in [0.717, 1.165) is 5.56 Å². The van der Waals surface area contributed by atoms with E-state index in [2.05, 4.69) is 0 Å². The van der Waals surface area contributed by atoms with E-state index in [0.29, 0.717) is 37.3 Å². The third-order valence-electron chi connectivity index (χ3n) is 5.14. The molecular weight excluding hydrogens is 378 g/mol. The van der Waals surface area contributed by atoms with E-state index in [9.17, 15) is 18.0 Å². The normalized spacial score (nSPS) is 18.5. The molecule has 0 radical (unpaired) electrons. The number of benzene rings is 2. The van der Waals surface area contributed by atoms with Crippen molar-refractivity contribution < 1.29 is 18.0 Å². The Balaban J connectivity index is 1.36. The molecule has 2 heterocycles. The molecule has 146 valence electrons. The summed E-state index contributed by atoms with van der Waals surface area (Å²) >= 11 is 0. The van der Waals surface area contributed by atoms with E-state index in [1.807, 2.05) is 23.1 Å². The first-order valence-electron chi connectivity index (χ1n) is 9.15. The summed E-state index contributed by atoms with van der Waals surface area (Å²) in [4.78, 5) is 28.1. The quantitative estimate of drug-likeness (QED) is 0.710. The molecule has 2 aromatic rings. The predicted octanol–water partition coefficient (Wildman–Crippen LogP) is 1.39. The van der Waals surface area contributed by atoms with Crippen LogP contribution < -0.4 is 0 Å². The van der Waals surface area contributed by atoms with E-state index >= 15 is 0 Å². The zero-order valence-electron chi connectivity index (χ0n) is 15.3. The van der Waals surface area contributed by atoms with Crippen LogP contribution in [-0.2, 0) is 15.8 Å². The van der Waals surface area contributed by atoms with Gasteiger partial charge in [0.15, 0.2) is 0 Å². The average Bonchev–Trinajstić information content (AvgIpc) is 2.94. The lowest BCUT2D eigenvalue weighted by Gasteiger charge is -2.35. The standard InChI is InChI=1S/C20H21N3O4S/c24-19-17-8-4-5-9-18(17)20(25)23(19)15-21-10-12-22(13-11-21)28(26,27)14-16-6-2-1-3-7-16/h1-9H,10-15H2. The lowest BCUT2D eigenvalue weighted by atomic mass is 10.1. The van der Waals surface area contributed by atoms with Crippen LogP contribution in [0.3, 0.4) is 0 Å². The van der Waals surface area contributed by atoms with Gasteiger partial charge in [-0.05, 0) is 17.7 Å². The molecule has 0 aromatic heterocycles. The second-order valence-corrected chi connectivity index (χ2v) is 8.95.